The third kappa shape index (κ3) is 2.73. The van der Waals surface area contributed by atoms with Gasteiger partial charge in [-0.1, -0.05) is 52.3 Å². The highest BCUT2D eigenvalue weighted by Crippen LogP contribution is 2.33. The van der Waals surface area contributed by atoms with Crippen molar-refractivity contribution in [2.45, 2.75) is 0 Å². The number of nitrogens with one attached hydrogen (secondary N) is 1. The van der Waals surface area contributed by atoms with Gasteiger partial charge in [0, 0.05) is 21.6 Å². The van der Waals surface area contributed by atoms with Crippen LogP contribution in [0.2, 0.25) is 0 Å². The van der Waals surface area contributed by atoms with Gasteiger partial charge in [-0.25, -0.2) is 0 Å². The van der Waals surface area contributed by atoms with E-state index in [1.807, 2.05) is 42.5 Å². The summed E-state index contributed by atoms with van der Waals surface area (Å²) in [6, 6.07) is 18.7. The topological polar surface area (TPSA) is 55.2 Å². The van der Waals surface area contributed by atoms with Crippen molar-refractivity contribution in [1.82, 2.24) is 0 Å². The van der Waals surface area contributed by atoms with Crippen LogP contribution in [-0.2, 0) is 0 Å². The molecule has 0 amide bonds. The van der Waals surface area contributed by atoms with Gasteiger partial charge in [-0.15, -0.1) is 0 Å². The van der Waals surface area contributed by atoms with Crippen molar-refractivity contribution >= 4 is 43.8 Å². The summed E-state index contributed by atoms with van der Waals surface area (Å²) in [5, 5.41) is 16.4. The molecule has 0 saturated carbocycles. The van der Waals surface area contributed by atoms with Crippen LogP contribution in [0.15, 0.2) is 65.1 Å². The normalized spacial score (nSPS) is 10.5. The van der Waals surface area contributed by atoms with E-state index in [2.05, 4.69) is 21.2 Å². The van der Waals surface area contributed by atoms with Crippen molar-refractivity contribution in [1.29, 1.82) is 0 Å². The number of hydrogen-bond donors (Lipinski definition) is 1. The molecule has 0 spiro atoms. The second-order valence-electron chi connectivity index (χ2n) is 4.57. The number of halogens is 1. The molecule has 3 aromatic carbocycles. The molecule has 0 heterocycles. The van der Waals surface area contributed by atoms with E-state index in [9.17, 15) is 10.1 Å². The van der Waals surface area contributed by atoms with Crippen LogP contribution in [0.5, 0.6) is 0 Å². The number of benzene rings is 3. The van der Waals surface area contributed by atoms with Crippen LogP contribution in [-0.4, -0.2) is 4.92 Å². The first-order chi connectivity index (χ1) is 10.1. The molecule has 3 rings (SSSR count). The Morgan fingerprint density at radius 3 is 2.52 bits per heavy atom. The molecule has 104 valence electrons. The first kappa shape index (κ1) is 13.6. The standard InChI is InChI=1S/C16H11BrN2O2/c17-12-8-9-15(16(10-12)19(20)21)18-14-7-3-5-11-4-1-2-6-13(11)14/h1-10,18H. The van der Waals surface area contributed by atoms with Gasteiger partial charge >= 0.3 is 0 Å². The molecule has 0 unspecified atom stereocenters. The molecule has 21 heavy (non-hydrogen) atoms. The summed E-state index contributed by atoms with van der Waals surface area (Å²) >= 11 is 3.26. The molecule has 0 bridgehead atoms. The fourth-order valence-corrected chi connectivity index (χ4v) is 2.59. The highest BCUT2D eigenvalue weighted by Gasteiger charge is 2.14. The number of fused-ring (bicyclic) bond motifs is 1. The van der Waals surface area contributed by atoms with Crippen LogP contribution in [0.3, 0.4) is 0 Å². The quantitative estimate of drug-likeness (QED) is 0.522. The predicted molar refractivity (Wildman–Crippen MR) is 88.0 cm³/mol. The SMILES string of the molecule is O=[N+]([O-])c1cc(Br)ccc1Nc1cccc2ccccc12. The monoisotopic (exact) mass is 342 g/mol. The second kappa shape index (κ2) is 5.54. The molecule has 0 aliphatic rings. The van der Waals surface area contributed by atoms with Crippen LogP contribution in [0, 0.1) is 10.1 Å². The zero-order valence-electron chi connectivity index (χ0n) is 10.9. The zero-order valence-corrected chi connectivity index (χ0v) is 12.5. The second-order valence-corrected chi connectivity index (χ2v) is 5.49. The maximum absolute atomic E-state index is 11.2. The Balaban J connectivity index is 2.09. The highest BCUT2D eigenvalue weighted by molar-refractivity contribution is 9.10. The van der Waals surface area contributed by atoms with Gasteiger partial charge in [0.15, 0.2) is 0 Å². The van der Waals surface area contributed by atoms with Gasteiger partial charge in [0.05, 0.1) is 4.92 Å². The third-order valence-electron chi connectivity index (χ3n) is 3.22. The van der Waals surface area contributed by atoms with E-state index >= 15 is 0 Å². The molecule has 4 nitrogen and oxygen atoms in total. The smallest absolute Gasteiger partial charge is 0.293 e. The lowest BCUT2D eigenvalue weighted by Gasteiger charge is -2.10. The lowest BCUT2D eigenvalue weighted by Crippen LogP contribution is -1.97. The molecule has 1 N–H and O–H groups in total. The first-order valence-corrected chi connectivity index (χ1v) is 7.13. The van der Waals surface area contributed by atoms with Crippen LogP contribution in [0.4, 0.5) is 17.1 Å². The molecule has 0 fully saturated rings. The maximum Gasteiger partial charge on any atom is 0.293 e. The van der Waals surface area contributed by atoms with Gasteiger partial charge in [0.1, 0.15) is 5.69 Å². The minimum atomic E-state index is -0.391. The Bertz CT molecular complexity index is 828. The number of nitrogens with zero attached hydrogens (tertiary/aromatic N) is 1. The van der Waals surface area contributed by atoms with Crippen LogP contribution >= 0.6 is 15.9 Å². The van der Waals surface area contributed by atoms with Crippen molar-refractivity contribution in [2.24, 2.45) is 0 Å². The number of nitro groups is 1. The van der Waals surface area contributed by atoms with Gasteiger partial charge in [0.25, 0.3) is 5.69 Å². The largest absolute Gasteiger partial charge is 0.349 e. The van der Waals surface area contributed by atoms with Gasteiger partial charge in [-0.05, 0) is 23.6 Å². The Hall–Kier alpha value is -2.40. The average molecular weight is 343 g/mol. The van der Waals surface area contributed by atoms with E-state index in [1.54, 1.807) is 12.1 Å². The van der Waals surface area contributed by atoms with E-state index in [1.165, 1.54) is 6.07 Å². The third-order valence-corrected chi connectivity index (χ3v) is 3.71. The van der Waals surface area contributed by atoms with E-state index in [4.69, 9.17) is 0 Å². The lowest BCUT2D eigenvalue weighted by atomic mass is 10.1. The van der Waals surface area contributed by atoms with Crippen LogP contribution in [0.25, 0.3) is 10.8 Å². The molecule has 0 saturated heterocycles. The van der Waals surface area contributed by atoms with Gasteiger partial charge in [-0.2, -0.15) is 0 Å². The summed E-state index contributed by atoms with van der Waals surface area (Å²) < 4.78 is 0.678. The summed E-state index contributed by atoms with van der Waals surface area (Å²) in [5.74, 6) is 0. The Morgan fingerprint density at radius 2 is 1.71 bits per heavy atom. The minimum Gasteiger partial charge on any atom is -0.349 e. The predicted octanol–water partition coefficient (Wildman–Crippen LogP) is 5.25. The summed E-state index contributed by atoms with van der Waals surface area (Å²) in [6.07, 6.45) is 0. The summed E-state index contributed by atoms with van der Waals surface area (Å²) in [4.78, 5) is 10.8. The molecule has 0 aromatic heterocycles. The van der Waals surface area contributed by atoms with Crippen LogP contribution in [0.1, 0.15) is 0 Å². The number of nitro benzene ring substituents is 1. The summed E-state index contributed by atoms with van der Waals surface area (Å²) in [5.41, 5.74) is 1.36. The van der Waals surface area contributed by atoms with Crippen molar-refractivity contribution < 1.29 is 4.92 Å². The van der Waals surface area contributed by atoms with Crippen molar-refractivity contribution in [2.75, 3.05) is 5.32 Å². The molecule has 0 aliphatic carbocycles. The van der Waals surface area contributed by atoms with Crippen molar-refractivity contribution in [3.05, 3.63) is 75.3 Å². The van der Waals surface area contributed by atoms with E-state index in [0.717, 1.165) is 16.5 Å². The van der Waals surface area contributed by atoms with Gasteiger partial charge < -0.3 is 5.32 Å². The molecular weight excluding hydrogens is 332 g/mol. The lowest BCUT2D eigenvalue weighted by molar-refractivity contribution is -0.384. The first-order valence-electron chi connectivity index (χ1n) is 6.34. The minimum absolute atomic E-state index is 0.0392. The molecule has 0 atom stereocenters. The fraction of sp³-hybridized carbons (Fsp3) is 0. The maximum atomic E-state index is 11.2. The zero-order chi connectivity index (χ0) is 14.8. The molecule has 0 aliphatic heterocycles. The van der Waals surface area contributed by atoms with E-state index in [0.29, 0.717) is 10.2 Å². The number of anilines is 2. The number of hydrogen-bond acceptors (Lipinski definition) is 3. The molecule has 3 aromatic rings. The highest BCUT2D eigenvalue weighted by atomic mass is 79.9. The average Bonchev–Trinajstić information content (AvgIpc) is 2.49. The fourth-order valence-electron chi connectivity index (χ4n) is 2.24. The van der Waals surface area contributed by atoms with E-state index in [-0.39, 0.29) is 5.69 Å². The molecule has 0 radical (unpaired) electrons. The summed E-state index contributed by atoms with van der Waals surface area (Å²) in [6.45, 7) is 0. The van der Waals surface area contributed by atoms with Gasteiger partial charge in [-0.3, -0.25) is 10.1 Å². The Labute approximate surface area is 129 Å². The van der Waals surface area contributed by atoms with Crippen molar-refractivity contribution in [3.63, 3.8) is 0 Å². The Morgan fingerprint density at radius 1 is 0.952 bits per heavy atom. The molecular formula is C16H11BrN2O2. The van der Waals surface area contributed by atoms with E-state index < -0.39 is 4.92 Å². The van der Waals surface area contributed by atoms with Crippen LogP contribution < -0.4 is 5.32 Å². The number of rotatable bonds is 3. The van der Waals surface area contributed by atoms with Crippen molar-refractivity contribution in [3.8, 4) is 0 Å². The Kier molecular flexibility index (Phi) is 3.58. The van der Waals surface area contributed by atoms with Gasteiger partial charge in [0.2, 0.25) is 0 Å². The molecule has 5 heteroatoms. The summed E-state index contributed by atoms with van der Waals surface area (Å²) in [7, 11) is 0.